The molecule has 20 heavy (non-hydrogen) atoms. The number of rotatable bonds is 4. The Hall–Kier alpha value is -1.75. The molecule has 1 unspecified atom stereocenters. The number of hydrogen-bond donors (Lipinski definition) is 1. The molecule has 3 rings (SSSR count). The molecular weight excluding hydrogens is 278 g/mol. The van der Waals surface area contributed by atoms with E-state index in [1.165, 1.54) is 0 Å². The Kier molecular flexibility index (Phi) is 3.53. The smallest absolute Gasteiger partial charge is 0.222 e. The number of aromatic nitrogens is 2. The summed E-state index contributed by atoms with van der Waals surface area (Å²) >= 11 is 5.87. The summed E-state index contributed by atoms with van der Waals surface area (Å²) in [7, 11) is 1.64. The van der Waals surface area contributed by atoms with Gasteiger partial charge in [-0.25, -0.2) is 4.98 Å². The lowest BCUT2D eigenvalue weighted by molar-refractivity contribution is -0.119. The van der Waals surface area contributed by atoms with Gasteiger partial charge in [-0.2, -0.15) is 0 Å². The van der Waals surface area contributed by atoms with Crippen LogP contribution in [-0.4, -0.2) is 35.0 Å². The van der Waals surface area contributed by atoms with Gasteiger partial charge in [-0.1, -0.05) is 0 Å². The van der Waals surface area contributed by atoms with Gasteiger partial charge >= 0.3 is 0 Å². The minimum absolute atomic E-state index is 0.0802. The van der Waals surface area contributed by atoms with Crippen LogP contribution in [0.25, 0.3) is 11.0 Å². The highest BCUT2D eigenvalue weighted by Crippen LogP contribution is 2.28. The van der Waals surface area contributed by atoms with E-state index in [-0.39, 0.29) is 11.9 Å². The first kappa shape index (κ1) is 13.2. The van der Waals surface area contributed by atoms with E-state index in [4.69, 9.17) is 16.3 Å². The van der Waals surface area contributed by atoms with Crippen molar-refractivity contribution in [1.29, 1.82) is 0 Å². The van der Waals surface area contributed by atoms with Crippen LogP contribution in [0.15, 0.2) is 18.2 Å². The molecule has 5 nitrogen and oxygen atoms in total. The number of carbonyl (C=O) groups is 1. The maximum atomic E-state index is 11.5. The topological polar surface area (TPSA) is 56.1 Å². The highest BCUT2D eigenvalue weighted by Gasteiger charge is 2.26. The SMILES string of the molecule is COc1ccc2nc(CCCl)n(C3CNC(=O)C3)c2c1. The number of amides is 1. The molecule has 2 heterocycles. The molecule has 2 aromatic rings. The van der Waals surface area contributed by atoms with Crippen LogP contribution in [0.3, 0.4) is 0 Å². The Morgan fingerprint density at radius 1 is 1.55 bits per heavy atom. The number of nitrogens with zero attached hydrogens (tertiary/aromatic N) is 2. The summed E-state index contributed by atoms with van der Waals surface area (Å²) in [4.78, 5) is 16.1. The average Bonchev–Trinajstić information content (AvgIpc) is 3.01. The van der Waals surface area contributed by atoms with Crippen LogP contribution in [0.5, 0.6) is 5.75 Å². The summed E-state index contributed by atoms with van der Waals surface area (Å²) in [6.45, 7) is 0.636. The van der Waals surface area contributed by atoms with E-state index in [1.54, 1.807) is 7.11 Å². The van der Waals surface area contributed by atoms with E-state index in [0.29, 0.717) is 25.3 Å². The lowest BCUT2D eigenvalue weighted by Gasteiger charge is -2.14. The van der Waals surface area contributed by atoms with E-state index in [1.807, 2.05) is 18.2 Å². The molecule has 6 heteroatoms. The molecule has 1 aliphatic heterocycles. The predicted molar refractivity (Wildman–Crippen MR) is 77.4 cm³/mol. The second-order valence-corrected chi connectivity index (χ2v) is 5.23. The van der Waals surface area contributed by atoms with E-state index in [9.17, 15) is 4.79 Å². The van der Waals surface area contributed by atoms with Crippen molar-refractivity contribution in [3.8, 4) is 5.75 Å². The molecule has 1 fully saturated rings. The van der Waals surface area contributed by atoms with Crippen LogP contribution >= 0.6 is 11.6 Å². The Balaban J connectivity index is 2.13. The molecule has 1 aromatic heterocycles. The first-order chi connectivity index (χ1) is 9.72. The zero-order chi connectivity index (χ0) is 14.1. The van der Waals surface area contributed by atoms with Gasteiger partial charge in [0.05, 0.1) is 24.2 Å². The lowest BCUT2D eigenvalue weighted by atomic mass is 10.2. The zero-order valence-corrected chi connectivity index (χ0v) is 12.0. The first-order valence-electron chi connectivity index (χ1n) is 6.60. The average molecular weight is 294 g/mol. The Bertz CT molecular complexity index is 653. The van der Waals surface area contributed by atoms with Crippen molar-refractivity contribution in [2.75, 3.05) is 19.5 Å². The molecule has 106 valence electrons. The number of hydrogen-bond acceptors (Lipinski definition) is 3. The third-order valence-electron chi connectivity index (χ3n) is 3.61. The van der Waals surface area contributed by atoms with E-state index in [0.717, 1.165) is 22.6 Å². The van der Waals surface area contributed by atoms with Gasteiger partial charge in [0.2, 0.25) is 5.91 Å². The summed E-state index contributed by atoms with van der Waals surface area (Å²) in [5.74, 6) is 2.30. The Labute approximate surface area is 121 Å². The summed E-state index contributed by atoms with van der Waals surface area (Å²) in [5.41, 5.74) is 1.90. The summed E-state index contributed by atoms with van der Waals surface area (Å²) in [6.07, 6.45) is 1.17. The molecule has 1 aromatic carbocycles. The molecule has 1 amide bonds. The van der Waals surface area contributed by atoms with Gasteiger partial charge in [0.1, 0.15) is 11.6 Å². The van der Waals surface area contributed by atoms with Crippen molar-refractivity contribution in [3.63, 3.8) is 0 Å². The van der Waals surface area contributed by atoms with Gasteiger partial charge in [-0.15, -0.1) is 11.6 Å². The fraction of sp³-hybridized carbons (Fsp3) is 0.429. The Morgan fingerprint density at radius 2 is 2.40 bits per heavy atom. The molecule has 0 bridgehead atoms. The molecule has 0 saturated carbocycles. The molecule has 1 aliphatic rings. The second kappa shape index (κ2) is 5.32. The van der Waals surface area contributed by atoms with Gasteiger partial charge in [0, 0.05) is 31.3 Å². The maximum Gasteiger partial charge on any atom is 0.222 e. The number of fused-ring (bicyclic) bond motifs is 1. The molecule has 0 spiro atoms. The zero-order valence-electron chi connectivity index (χ0n) is 11.2. The highest BCUT2D eigenvalue weighted by molar-refractivity contribution is 6.17. The number of carbonyl (C=O) groups excluding carboxylic acids is 1. The molecule has 1 saturated heterocycles. The van der Waals surface area contributed by atoms with Crippen LogP contribution in [0.1, 0.15) is 18.3 Å². The molecular formula is C14H16ClN3O2. The summed E-state index contributed by atoms with van der Waals surface area (Å²) in [5, 5.41) is 2.87. The summed E-state index contributed by atoms with van der Waals surface area (Å²) in [6, 6.07) is 5.88. The van der Waals surface area contributed by atoms with Crippen molar-refractivity contribution in [3.05, 3.63) is 24.0 Å². The minimum atomic E-state index is 0.0802. The number of benzene rings is 1. The van der Waals surface area contributed by atoms with Crippen molar-refractivity contribution >= 4 is 28.5 Å². The van der Waals surface area contributed by atoms with Crippen LogP contribution in [-0.2, 0) is 11.2 Å². The Morgan fingerprint density at radius 3 is 3.05 bits per heavy atom. The highest BCUT2D eigenvalue weighted by atomic mass is 35.5. The van der Waals surface area contributed by atoms with Crippen molar-refractivity contribution in [2.45, 2.75) is 18.9 Å². The number of aryl methyl sites for hydroxylation is 1. The number of alkyl halides is 1. The van der Waals surface area contributed by atoms with Gasteiger partial charge in [0.15, 0.2) is 0 Å². The second-order valence-electron chi connectivity index (χ2n) is 4.85. The third kappa shape index (κ3) is 2.22. The molecule has 1 N–H and O–H groups in total. The number of methoxy groups -OCH3 is 1. The van der Waals surface area contributed by atoms with Crippen molar-refractivity contribution in [1.82, 2.24) is 14.9 Å². The number of imidazole rings is 1. The van der Waals surface area contributed by atoms with Crippen molar-refractivity contribution < 1.29 is 9.53 Å². The lowest BCUT2D eigenvalue weighted by Crippen LogP contribution is -2.17. The van der Waals surface area contributed by atoms with Gasteiger partial charge in [0.25, 0.3) is 0 Å². The van der Waals surface area contributed by atoms with Crippen LogP contribution < -0.4 is 10.1 Å². The monoisotopic (exact) mass is 293 g/mol. The predicted octanol–water partition coefficient (Wildman–Crippen LogP) is 1.89. The molecule has 0 radical (unpaired) electrons. The summed E-state index contributed by atoms with van der Waals surface area (Å²) < 4.78 is 7.40. The third-order valence-corrected chi connectivity index (χ3v) is 3.80. The largest absolute Gasteiger partial charge is 0.497 e. The van der Waals surface area contributed by atoms with Crippen molar-refractivity contribution in [2.24, 2.45) is 0 Å². The number of nitrogens with one attached hydrogen (secondary N) is 1. The minimum Gasteiger partial charge on any atom is -0.497 e. The van der Waals surface area contributed by atoms with Crippen LogP contribution in [0, 0.1) is 0 Å². The quantitative estimate of drug-likeness (QED) is 0.876. The van der Waals surface area contributed by atoms with Gasteiger partial charge in [-0.3, -0.25) is 4.79 Å². The fourth-order valence-corrected chi connectivity index (χ4v) is 2.86. The van der Waals surface area contributed by atoms with E-state index in [2.05, 4.69) is 14.9 Å². The van der Waals surface area contributed by atoms with Crippen LogP contribution in [0.4, 0.5) is 0 Å². The molecule has 0 aliphatic carbocycles. The number of ether oxygens (including phenoxy) is 1. The van der Waals surface area contributed by atoms with Crippen LogP contribution in [0.2, 0.25) is 0 Å². The normalized spacial score (nSPS) is 18.5. The van der Waals surface area contributed by atoms with Gasteiger partial charge in [-0.05, 0) is 12.1 Å². The molecule has 1 atom stereocenters. The standard InChI is InChI=1S/C14H16ClN3O2/c1-20-10-2-3-11-12(7-10)18(13(17-11)4-5-15)9-6-14(19)16-8-9/h2-3,7,9H,4-6,8H2,1H3,(H,16,19). The van der Waals surface area contributed by atoms with Gasteiger partial charge < -0.3 is 14.6 Å². The van der Waals surface area contributed by atoms with E-state index < -0.39 is 0 Å². The fourth-order valence-electron chi connectivity index (χ4n) is 2.69. The maximum absolute atomic E-state index is 11.5. The first-order valence-corrected chi connectivity index (χ1v) is 7.14. The number of halogens is 1. The van der Waals surface area contributed by atoms with E-state index >= 15 is 0 Å².